The Bertz CT molecular complexity index is 562. The molecule has 0 aliphatic heterocycles. The van der Waals surface area contributed by atoms with Gasteiger partial charge in [0.05, 0.1) is 16.9 Å². The van der Waals surface area contributed by atoms with E-state index in [2.05, 4.69) is 31.2 Å². The normalized spacial score (nSPS) is 10.4. The molecule has 0 saturated heterocycles. The predicted octanol–water partition coefficient (Wildman–Crippen LogP) is 4.08. The lowest BCUT2D eigenvalue weighted by Gasteiger charge is -2.08. The minimum Gasteiger partial charge on any atom is -0.339 e. The number of halogens is 3. The van der Waals surface area contributed by atoms with Gasteiger partial charge in [0.2, 0.25) is 0 Å². The van der Waals surface area contributed by atoms with Crippen molar-refractivity contribution in [1.29, 1.82) is 0 Å². The molecule has 3 nitrogen and oxygen atoms in total. The Kier molecular flexibility index (Phi) is 3.59. The summed E-state index contributed by atoms with van der Waals surface area (Å²) in [6.45, 7) is 1.81. The lowest BCUT2D eigenvalue weighted by molar-refractivity contribution is 0.629. The number of nitrogens with one attached hydrogen (secondary N) is 1. The maximum atomic E-state index is 13.2. The summed E-state index contributed by atoms with van der Waals surface area (Å²) < 4.78 is 13.9. The van der Waals surface area contributed by atoms with E-state index in [1.807, 2.05) is 6.92 Å². The van der Waals surface area contributed by atoms with E-state index in [1.165, 1.54) is 12.1 Å². The Morgan fingerprint density at radius 1 is 1.41 bits per heavy atom. The van der Waals surface area contributed by atoms with Crippen LogP contribution in [0.3, 0.4) is 0 Å². The van der Waals surface area contributed by atoms with Crippen LogP contribution in [0.15, 0.2) is 29.0 Å². The summed E-state index contributed by atoms with van der Waals surface area (Å²) >= 11 is 8.82. The van der Waals surface area contributed by atoms with Gasteiger partial charge in [0.15, 0.2) is 5.82 Å². The second kappa shape index (κ2) is 4.98. The van der Waals surface area contributed by atoms with E-state index in [4.69, 9.17) is 11.6 Å². The molecule has 17 heavy (non-hydrogen) atoms. The Hall–Kier alpha value is -1.20. The first-order valence-corrected chi connectivity index (χ1v) is 5.94. The number of hydrogen-bond donors (Lipinski definition) is 1. The molecule has 1 heterocycles. The zero-order chi connectivity index (χ0) is 12.4. The first kappa shape index (κ1) is 12.3. The fraction of sp³-hybridized carbons (Fsp3) is 0.0909. The Morgan fingerprint density at radius 2 is 2.18 bits per heavy atom. The number of benzene rings is 1. The Balaban J connectivity index is 2.28. The van der Waals surface area contributed by atoms with Gasteiger partial charge in [-0.15, -0.1) is 0 Å². The molecule has 0 saturated carbocycles. The molecule has 0 unspecified atom stereocenters. The van der Waals surface area contributed by atoms with Gasteiger partial charge in [0.1, 0.15) is 10.4 Å². The molecule has 0 fully saturated rings. The van der Waals surface area contributed by atoms with Crippen LogP contribution in [0, 0.1) is 12.7 Å². The highest BCUT2D eigenvalue weighted by molar-refractivity contribution is 9.10. The second-order valence-corrected chi connectivity index (χ2v) is 4.60. The fourth-order valence-corrected chi connectivity index (χ4v) is 1.77. The predicted molar refractivity (Wildman–Crippen MR) is 69.2 cm³/mol. The largest absolute Gasteiger partial charge is 0.339 e. The van der Waals surface area contributed by atoms with Gasteiger partial charge in [0, 0.05) is 5.69 Å². The standard InChI is InChI=1S/C11H8BrClFN3/c1-6-11(15-5-10(12)16-6)17-7-2-3-8(13)9(14)4-7/h2-5H,1H3,(H,15,17). The number of anilines is 2. The lowest BCUT2D eigenvalue weighted by atomic mass is 10.3. The van der Waals surface area contributed by atoms with E-state index in [0.717, 1.165) is 5.69 Å². The highest BCUT2D eigenvalue weighted by atomic mass is 79.9. The van der Waals surface area contributed by atoms with Crippen molar-refractivity contribution in [2.45, 2.75) is 6.92 Å². The van der Waals surface area contributed by atoms with Crippen LogP contribution in [0.25, 0.3) is 0 Å². The van der Waals surface area contributed by atoms with Gasteiger partial charge in [-0.25, -0.2) is 14.4 Å². The van der Waals surface area contributed by atoms with Gasteiger partial charge in [-0.3, -0.25) is 0 Å². The van der Waals surface area contributed by atoms with Gasteiger partial charge in [0.25, 0.3) is 0 Å². The Morgan fingerprint density at radius 3 is 2.82 bits per heavy atom. The molecule has 1 N–H and O–H groups in total. The van der Waals surface area contributed by atoms with Crippen LogP contribution in [-0.2, 0) is 0 Å². The van der Waals surface area contributed by atoms with Crippen LogP contribution < -0.4 is 5.32 Å². The SMILES string of the molecule is Cc1nc(Br)cnc1Nc1ccc(Cl)c(F)c1. The number of hydrogen-bond acceptors (Lipinski definition) is 3. The highest BCUT2D eigenvalue weighted by Crippen LogP contribution is 2.22. The monoisotopic (exact) mass is 315 g/mol. The van der Waals surface area contributed by atoms with Crippen molar-refractivity contribution in [2.24, 2.45) is 0 Å². The molecule has 1 aromatic heterocycles. The summed E-state index contributed by atoms with van der Waals surface area (Å²) in [6, 6.07) is 4.47. The van der Waals surface area contributed by atoms with Crippen molar-refractivity contribution in [3.8, 4) is 0 Å². The molecule has 1 aromatic carbocycles. The molecular formula is C11H8BrClFN3. The summed E-state index contributed by atoms with van der Waals surface area (Å²) in [6.07, 6.45) is 1.57. The lowest BCUT2D eigenvalue weighted by Crippen LogP contribution is -1.99. The summed E-state index contributed by atoms with van der Waals surface area (Å²) in [5.74, 6) is 0.106. The third-order valence-corrected chi connectivity index (χ3v) is 2.79. The quantitative estimate of drug-likeness (QED) is 0.907. The van der Waals surface area contributed by atoms with Crippen LogP contribution in [0.5, 0.6) is 0 Å². The Labute approximate surface area is 111 Å². The van der Waals surface area contributed by atoms with Crippen molar-refractivity contribution >= 4 is 39.0 Å². The summed E-state index contributed by atoms with van der Waals surface area (Å²) in [4.78, 5) is 8.33. The van der Waals surface area contributed by atoms with E-state index in [-0.39, 0.29) is 5.02 Å². The zero-order valence-corrected chi connectivity index (χ0v) is 11.2. The van der Waals surface area contributed by atoms with Crippen LogP contribution in [0.1, 0.15) is 5.69 Å². The van der Waals surface area contributed by atoms with E-state index in [1.54, 1.807) is 12.3 Å². The first-order chi connectivity index (χ1) is 8.06. The van der Waals surface area contributed by atoms with Crippen LogP contribution >= 0.6 is 27.5 Å². The molecule has 0 atom stereocenters. The maximum absolute atomic E-state index is 13.2. The third kappa shape index (κ3) is 2.92. The van der Waals surface area contributed by atoms with Crippen LogP contribution in [0.4, 0.5) is 15.9 Å². The molecule has 2 aromatic rings. The molecule has 0 amide bonds. The van der Waals surface area contributed by atoms with Crippen LogP contribution in [0.2, 0.25) is 5.02 Å². The van der Waals surface area contributed by atoms with E-state index in [0.29, 0.717) is 16.1 Å². The van der Waals surface area contributed by atoms with Crippen molar-refractivity contribution in [2.75, 3.05) is 5.32 Å². The van der Waals surface area contributed by atoms with Gasteiger partial charge in [-0.2, -0.15) is 0 Å². The highest BCUT2D eigenvalue weighted by Gasteiger charge is 2.05. The molecule has 0 radical (unpaired) electrons. The van der Waals surface area contributed by atoms with Gasteiger partial charge in [-0.05, 0) is 41.1 Å². The smallest absolute Gasteiger partial charge is 0.151 e. The number of aryl methyl sites for hydroxylation is 1. The first-order valence-electron chi connectivity index (χ1n) is 4.77. The van der Waals surface area contributed by atoms with E-state index < -0.39 is 5.82 Å². The molecule has 0 aliphatic rings. The van der Waals surface area contributed by atoms with Gasteiger partial charge < -0.3 is 5.32 Å². The van der Waals surface area contributed by atoms with Crippen molar-refractivity contribution in [1.82, 2.24) is 9.97 Å². The summed E-state index contributed by atoms with van der Waals surface area (Å²) in [5, 5.41) is 3.07. The number of aromatic nitrogens is 2. The minimum atomic E-state index is -0.473. The average molecular weight is 317 g/mol. The molecule has 0 spiro atoms. The zero-order valence-electron chi connectivity index (χ0n) is 8.84. The summed E-state index contributed by atoms with van der Waals surface area (Å²) in [7, 11) is 0. The minimum absolute atomic E-state index is 0.0918. The summed E-state index contributed by atoms with van der Waals surface area (Å²) in [5.41, 5.74) is 1.29. The third-order valence-electron chi connectivity index (χ3n) is 2.10. The van der Waals surface area contributed by atoms with Crippen molar-refractivity contribution in [3.63, 3.8) is 0 Å². The molecular weight excluding hydrogens is 308 g/mol. The fourth-order valence-electron chi connectivity index (χ4n) is 1.29. The van der Waals surface area contributed by atoms with Crippen molar-refractivity contribution < 1.29 is 4.39 Å². The molecule has 0 aliphatic carbocycles. The van der Waals surface area contributed by atoms with Crippen molar-refractivity contribution in [3.05, 3.63) is 45.5 Å². The molecule has 0 bridgehead atoms. The van der Waals surface area contributed by atoms with E-state index in [9.17, 15) is 4.39 Å². The molecule has 2 rings (SSSR count). The number of rotatable bonds is 2. The van der Waals surface area contributed by atoms with E-state index >= 15 is 0 Å². The van der Waals surface area contributed by atoms with Gasteiger partial charge >= 0.3 is 0 Å². The molecule has 6 heteroatoms. The second-order valence-electron chi connectivity index (χ2n) is 3.38. The average Bonchev–Trinajstić information content (AvgIpc) is 2.27. The van der Waals surface area contributed by atoms with Crippen LogP contribution in [-0.4, -0.2) is 9.97 Å². The number of nitrogens with zero attached hydrogens (tertiary/aromatic N) is 2. The maximum Gasteiger partial charge on any atom is 0.151 e. The van der Waals surface area contributed by atoms with Gasteiger partial charge in [-0.1, -0.05) is 11.6 Å². The molecule has 88 valence electrons. The topological polar surface area (TPSA) is 37.8 Å².